The smallest absolute Gasteiger partial charge is 0.0253 e. The summed E-state index contributed by atoms with van der Waals surface area (Å²) in [6.45, 7) is 27.7. The van der Waals surface area contributed by atoms with E-state index in [-0.39, 0.29) is 5.41 Å². The van der Waals surface area contributed by atoms with E-state index in [9.17, 15) is 0 Å². The molecule has 0 saturated heterocycles. The predicted molar refractivity (Wildman–Crippen MR) is 277 cm³/mol. The minimum absolute atomic E-state index is 0.0504. The summed E-state index contributed by atoms with van der Waals surface area (Å²) in [6, 6.07) is 46.3. The van der Waals surface area contributed by atoms with Gasteiger partial charge in [0.2, 0.25) is 0 Å². The lowest BCUT2D eigenvalue weighted by molar-refractivity contribution is 0.587. The van der Waals surface area contributed by atoms with Crippen LogP contribution in [0.15, 0.2) is 126 Å². The van der Waals surface area contributed by atoms with E-state index in [4.69, 9.17) is 0 Å². The molecule has 0 aliphatic rings. The van der Waals surface area contributed by atoms with Crippen molar-refractivity contribution in [3.8, 4) is 44.5 Å². The standard InChI is InChI=1S/C60H66S2/c1-13-14-33-61-62-59-46(36-53-49(55-38(2)21-15-22-39(55)3)29-19-30-50(53)56-40(4)23-16-24-41(56)5)34-48(60(10,11)12)35-47(59)37-54-51(57-42(6)25-17-26-43(57)7)31-20-32-52(54)58-44(8)27-18-28-45(58)9/h15-32,34-35H,13-14,33,36-37H2,1-12H3. The maximum Gasteiger partial charge on any atom is 0.0253 e. The van der Waals surface area contributed by atoms with E-state index in [1.165, 1.54) is 135 Å². The highest BCUT2D eigenvalue weighted by molar-refractivity contribution is 8.76. The highest BCUT2D eigenvalue weighted by atomic mass is 33.1. The van der Waals surface area contributed by atoms with Gasteiger partial charge in [0, 0.05) is 10.6 Å². The Hall–Kier alpha value is -4.76. The fourth-order valence-electron chi connectivity index (χ4n) is 9.69. The summed E-state index contributed by atoms with van der Waals surface area (Å²) in [5, 5.41) is 0. The first-order valence-electron chi connectivity index (χ1n) is 22.6. The van der Waals surface area contributed by atoms with Gasteiger partial charge in [0.25, 0.3) is 0 Å². The van der Waals surface area contributed by atoms with E-state index in [0.717, 1.165) is 18.6 Å². The van der Waals surface area contributed by atoms with Crippen LogP contribution in [0, 0.1) is 55.4 Å². The van der Waals surface area contributed by atoms with Crippen molar-refractivity contribution in [1.82, 2.24) is 0 Å². The molecule has 0 aliphatic carbocycles. The van der Waals surface area contributed by atoms with Gasteiger partial charge in [0.05, 0.1) is 0 Å². The van der Waals surface area contributed by atoms with Gasteiger partial charge in [0.15, 0.2) is 0 Å². The molecule has 0 bridgehead atoms. The van der Waals surface area contributed by atoms with Crippen LogP contribution in [0.5, 0.6) is 0 Å². The van der Waals surface area contributed by atoms with E-state index < -0.39 is 0 Å². The van der Waals surface area contributed by atoms with Crippen molar-refractivity contribution in [2.24, 2.45) is 0 Å². The van der Waals surface area contributed by atoms with E-state index in [1.54, 1.807) is 0 Å². The van der Waals surface area contributed by atoms with Gasteiger partial charge < -0.3 is 0 Å². The van der Waals surface area contributed by atoms with Crippen LogP contribution in [0.4, 0.5) is 0 Å². The zero-order chi connectivity index (χ0) is 44.3. The third kappa shape index (κ3) is 9.44. The maximum absolute atomic E-state index is 2.58. The molecule has 62 heavy (non-hydrogen) atoms. The van der Waals surface area contributed by atoms with Crippen LogP contribution >= 0.6 is 21.6 Å². The fourth-order valence-corrected chi connectivity index (χ4v) is 12.4. The Labute approximate surface area is 382 Å². The Bertz CT molecular complexity index is 2350. The van der Waals surface area contributed by atoms with Crippen LogP contribution in [0.2, 0.25) is 0 Å². The minimum Gasteiger partial charge on any atom is -0.0889 e. The van der Waals surface area contributed by atoms with Gasteiger partial charge >= 0.3 is 0 Å². The predicted octanol–water partition coefficient (Wildman–Crippen LogP) is 17.8. The van der Waals surface area contributed by atoms with Crippen LogP contribution in [0.3, 0.4) is 0 Å². The van der Waals surface area contributed by atoms with E-state index in [0.29, 0.717) is 0 Å². The molecular formula is C60H66S2. The van der Waals surface area contributed by atoms with Gasteiger partial charge in [0.1, 0.15) is 0 Å². The summed E-state index contributed by atoms with van der Waals surface area (Å²) in [4.78, 5) is 1.42. The third-order valence-electron chi connectivity index (χ3n) is 12.9. The van der Waals surface area contributed by atoms with Crippen molar-refractivity contribution in [2.75, 3.05) is 5.75 Å². The Morgan fingerprint density at radius 1 is 0.419 bits per heavy atom. The molecule has 0 aromatic heterocycles. The molecule has 0 atom stereocenters. The van der Waals surface area contributed by atoms with Gasteiger partial charge in [-0.1, -0.05) is 177 Å². The van der Waals surface area contributed by atoms with Crippen LogP contribution in [0.25, 0.3) is 44.5 Å². The first-order valence-corrected chi connectivity index (χ1v) is 25.0. The van der Waals surface area contributed by atoms with Gasteiger partial charge in [-0.3, -0.25) is 0 Å². The van der Waals surface area contributed by atoms with Crippen molar-refractivity contribution in [3.63, 3.8) is 0 Å². The third-order valence-corrected chi connectivity index (χ3v) is 15.5. The molecule has 0 aliphatic heterocycles. The zero-order valence-electron chi connectivity index (χ0n) is 39.4. The second-order valence-corrected chi connectivity index (χ2v) is 21.1. The number of unbranched alkanes of at least 4 members (excludes halogenated alkanes) is 1. The number of aryl methyl sites for hydroxylation is 8. The quantitative estimate of drug-likeness (QED) is 0.0837. The van der Waals surface area contributed by atoms with Gasteiger partial charge in [-0.05, 0) is 197 Å². The number of hydrogen-bond donors (Lipinski definition) is 0. The summed E-state index contributed by atoms with van der Waals surface area (Å²) >= 11 is 0. The Morgan fingerprint density at radius 2 is 0.710 bits per heavy atom. The molecule has 0 saturated carbocycles. The molecule has 0 N–H and O–H groups in total. The molecule has 0 fully saturated rings. The lowest BCUT2D eigenvalue weighted by Crippen LogP contribution is -2.14. The first kappa shape index (κ1) is 45.3. The van der Waals surface area contributed by atoms with Crippen LogP contribution in [-0.4, -0.2) is 5.75 Å². The highest BCUT2D eigenvalue weighted by Gasteiger charge is 2.26. The highest BCUT2D eigenvalue weighted by Crippen LogP contribution is 2.47. The van der Waals surface area contributed by atoms with E-state index in [2.05, 4.69) is 204 Å². The average molecular weight is 851 g/mol. The lowest BCUT2D eigenvalue weighted by atomic mass is 9.79. The van der Waals surface area contributed by atoms with Gasteiger partial charge in [-0.15, -0.1) is 0 Å². The normalized spacial score (nSPS) is 11.7. The van der Waals surface area contributed by atoms with E-state index in [1.807, 2.05) is 21.6 Å². The summed E-state index contributed by atoms with van der Waals surface area (Å²) in [7, 11) is 4.05. The Balaban J connectivity index is 1.55. The fraction of sp³-hybridized carbons (Fsp3) is 0.300. The molecule has 0 nitrogen and oxygen atoms in total. The van der Waals surface area contributed by atoms with E-state index >= 15 is 0 Å². The van der Waals surface area contributed by atoms with Gasteiger partial charge in [-0.2, -0.15) is 0 Å². The zero-order valence-corrected chi connectivity index (χ0v) is 41.0. The molecule has 7 rings (SSSR count). The molecular weight excluding hydrogens is 785 g/mol. The summed E-state index contributed by atoms with van der Waals surface area (Å²) < 4.78 is 0. The molecule has 2 heteroatoms. The van der Waals surface area contributed by atoms with Crippen molar-refractivity contribution in [1.29, 1.82) is 0 Å². The van der Waals surface area contributed by atoms with Gasteiger partial charge in [-0.25, -0.2) is 0 Å². The van der Waals surface area contributed by atoms with Crippen molar-refractivity contribution in [3.05, 3.63) is 194 Å². The summed E-state index contributed by atoms with van der Waals surface area (Å²) in [5.41, 5.74) is 28.4. The largest absolute Gasteiger partial charge is 0.0889 e. The average Bonchev–Trinajstić information content (AvgIpc) is 3.21. The molecule has 0 heterocycles. The molecule has 0 spiro atoms. The number of hydrogen-bond acceptors (Lipinski definition) is 2. The van der Waals surface area contributed by atoms with Crippen LogP contribution in [0.1, 0.15) is 113 Å². The second-order valence-electron chi connectivity index (χ2n) is 18.7. The van der Waals surface area contributed by atoms with Crippen molar-refractivity contribution in [2.45, 2.75) is 119 Å². The Morgan fingerprint density at radius 3 is 0.984 bits per heavy atom. The molecule has 7 aromatic rings. The lowest BCUT2D eigenvalue weighted by Gasteiger charge is -2.27. The first-order chi connectivity index (χ1) is 29.7. The molecule has 0 unspecified atom stereocenters. The molecule has 0 amide bonds. The van der Waals surface area contributed by atoms with Crippen molar-refractivity contribution >= 4 is 21.6 Å². The topological polar surface area (TPSA) is 0 Å². The van der Waals surface area contributed by atoms with Crippen LogP contribution < -0.4 is 0 Å². The summed E-state index contributed by atoms with van der Waals surface area (Å²) in [6.07, 6.45) is 4.08. The molecule has 7 aromatic carbocycles. The SMILES string of the molecule is CCCCSSc1c(Cc2c(-c3c(C)cccc3C)cccc2-c2c(C)cccc2C)cc(C(C)(C)C)cc1Cc1c(-c2c(C)cccc2C)cccc1-c1c(C)cccc1C. The monoisotopic (exact) mass is 850 g/mol. The minimum atomic E-state index is -0.0504. The maximum atomic E-state index is 2.58. The number of rotatable bonds is 13. The Kier molecular flexibility index (Phi) is 14.1. The summed E-state index contributed by atoms with van der Waals surface area (Å²) in [5.74, 6) is 1.13. The van der Waals surface area contributed by atoms with Crippen molar-refractivity contribution < 1.29 is 0 Å². The molecule has 0 radical (unpaired) electrons. The van der Waals surface area contributed by atoms with Crippen LogP contribution in [-0.2, 0) is 18.3 Å². The number of benzene rings is 7. The second kappa shape index (κ2) is 19.3. The molecule has 318 valence electrons.